The molecule has 1 amide bonds. The normalized spacial score (nSPS) is 18.5. The molecule has 0 bridgehead atoms. The SMILES string of the molecule is CS(=O)(=O)N1CCN(C(=O)Cc2cc(Cl)c3c(c2)OCCO3)CC1. The van der Waals surface area contributed by atoms with Gasteiger partial charge in [0.1, 0.15) is 13.2 Å². The molecule has 2 aliphatic heterocycles. The molecule has 0 spiro atoms. The van der Waals surface area contributed by atoms with Crippen molar-refractivity contribution < 1.29 is 22.7 Å². The third-order valence-corrected chi connectivity index (χ3v) is 5.66. The van der Waals surface area contributed by atoms with Crippen molar-refractivity contribution in [1.29, 1.82) is 0 Å². The summed E-state index contributed by atoms with van der Waals surface area (Å²) >= 11 is 6.18. The number of piperazine rings is 1. The molecule has 1 aromatic carbocycles. The molecule has 1 aromatic rings. The van der Waals surface area contributed by atoms with E-state index in [1.54, 1.807) is 17.0 Å². The van der Waals surface area contributed by atoms with Crippen molar-refractivity contribution in [3.8, 4) is 11.5 Å². The molecule has 0 saturated carbocycles. The van der Waals surface area contributed by atoms with Gasteiger partial charge in [0, 0.05) is 26.2 Å². The summed E-state index contributed by atoms with van der Waals surface area (Å²) in [4.78, 5) is 14.1. The van der Waals surface area contributed by atoms with Gasteiger partial charge in [0.05, 0.1) is 17.7 Å². The summed E-state index contributed by atoms with van der Waals surface area (Å²) in [7, 11) is -3.20. The molecular formula is C15H19ClN2O5S. The molecule has 1 fully saturated rings. The second-order valence-corrected chi connectivity index (χ2v) is 8.21. The highest BCUT2D eigenvalue weighted by atomic mass is 35.5. The number of hydrogen-bond donors (Lipinski definition) is 0. The number of nitrogens with zero attached hydrogens (tertiary/aromatic N) is 2. The van der Waals surface area contributed by atoms with Crippen LogP contribution in [0.4, 0.5) is 0 Å². The molecule has 24 heavy (non-hydrogen) atoms. The van der Waals surface area contributed by atoms with Gasteiger partial charge in [0.25, 0.3) is 0 Å². The fourth-order valence-corrected chi connectivity index (χ4v) is 3.94. The minimum absolute atomic E-state index is 0.0594. The van der Waals surface area contributed by atoms with Crippen molar-refractivity contribution in [2.45, 2.75) is 6.42 Å². The lowest BCUT2D eigenvalue weighted by Gasteiger charge is -2.33. The molecule has 0 unspecified atom stereocenters. The monoisotopic (exact) mass is 374 g/mol. The van der Waals surface area contributed by atoms with Crippen molar-refractivity contribution in [2.75, 3.05) is 45.6 Å². The zero-order valence-electron chi connectivity index (χ0n) is 13.3. The number of amides is 1. The van der Waals surface area contributed by atoms with Crippen molar-refractivity contribution in [3.05, 3.63) is 22.7 Å². The van der Waals surface area contributed by atoms with Gasteiger partial charge >= 0.3 is 0 Å². The number of ether oxygens (including phenoxy) is 2. The zero-order valence-corrected chi connectivity index (χ0v) is 14.9. The minimum atomic E-state index is -3.20. The number of hydrogen-bond acceptors (Lipinski definition) is 5. The van der Waals surface area contributed by atoms with Crippen LogP contribution in [0, 0.1) is 0 Å². The van der Waals surface area contributed by atoms with Gasteiger partial charge in [-0.1, -0.05) is 11.6 Å². The first-order valence-electron chi connectivity index (χ1n) is 7.65. The number of rotatable bonds is 3. The summed E-state index contributed by atoms with van der Waals surface area (Å²) in [5.74, 6) is 1.01. The van der Waals surface area contributed by atoms with Crippen LogP contribution < -0.4 is 9.47 Å². The predicted octanol–water partition coefficient (Wildman–Crippen LogP) is 0.758. The third-order valence-electron chi connectivity index (χ3n) is 4.07. The van der Waals surface area contributed by atoms with E-state index in [1.807, 2.05) is 0 Å². The first kappa shape index (κ1) is 17.3. The van der Waals surface area contributed by atoms with Crippen LogP contribution >= 0.6 is 11.6 Å². The Morgan fingerprint density at radius 1 is 1.17 bits per heavy atom. The summed E-state index contributed by atoms with van der Waals surface area (Å²) in [5, 5.41) is 0.428. The lowest BCUT2D eigenvalue weighted by atomic mass is 10.1. The quantitative estimate of drug-likeness (QED) is 0.780. The Hall–Kier alpha value is -1.51. The molecular weight excluding hydrogens is 356 g/mol. The second-order valence-electron chi connectivity index (χ2n) is 5.82. The summed E-state index contributed by atoms with van der Waals surface area (Å²) in [6, 6.07) is 3.48. The van der Waals surface area contributed by atoms with Crippen molar-refractivity contribution >= 4 is 27.5 Å². The van der Waals surface area contributed by atoms with Gasteiger partial charge in [-0.15, -0.1) is 0 Å². The maximum absolute atomic E-state index is 12.4. The largest absolute Gasteiger partial charge is 0.486 e. The Morgan fingerprint density at radius 2 is 1.83 bits per heavy atom. The zero-order chi connectivity index (χ0) is 17.3. The summed E-state index contributed by atoms with van der Waals surface area (Å²) in [6.07, 6.45) is 1.37. The van der Waals surface area contributed by atoms with E-state index in [9.17, 15) is 13.2 Å². The average molecular weight is 375 g/mol. The predicted molar refractivity (Wildman–Crippen MR) is 89.1 cm³/mol. The van der Waals surface area contributed by atoms with Gasteiger partial charge < -0.3 is 14.4 Å². The Labute approximate surface area is 146 Å². The van der Waals surface area contributed by atoms with Crippen LogP contribution in [0.1, 0.15) is 5.56 Å². The summed E-state index contributed by atoms with van der Waals surface area (Å²) in [5.41, 5.74) is 0.750. The van der Waals surface area contributed by atoms with Crippen LogP contribution in [0.15, 0.2) is 12.1 Å². The first-order chi connectivity index (χ1) is 11.3. The molecule has 1 saturated heterocycles. The highest BCUT2D eigenvalue weighted by molar-refractivity contribution is 7.88. The smallest absolute Gasteiger partial charge is 0.227 e. The number of benzene rings is 1. The molecule has 0 N–H and O–H groups in total. The van der Waals surface area contributed by atoms with Crippen LogP contribution in [-0.2, 0) is 21.2 Å². The van der Waals surface area contributed by atoms with Crippen LogP contribution in [0.2, 0.25) is 5.02 Å². The number of carbonyl (C=O) groups excluding carboxylic acids is 1. The van der Waals surface area contributed by atoms with Crippen LogP contribution in [-0.4, -0.2) is 69.2 Å². The van der Waals surface area contributed by atoms with E-state index < -0.39 is 10.0 Å². The molecule has 0 atom stereocenters. The molecule has 132 valence electrons. The molecule has 7 nitrogen and oxygen atoms in total. The Bertz CT molecular complexity index is 744. The fourth-order valence-electron chi connectivity index (χ4n) is 2.82. The summed E-state index contributed by atoms with van der Waals surface area (Å²) in [6.45, 7) is 2.34. The van der Waals surface area contributed by atoms with E-state index >= 15 is 0 Å². The summed E-state index contributed by atoms with van der Waals surface area (Å²) < 4.78 is 35.4. The van der Waals surface area contributed by atoms with Crippen LogP contribution in [0.25, 0.3) is 0 Å². The maximum Gasteiger partial charge on any atom is 0.227 e. The van der Waals surface area contributed by atoms with E-state index in [2.05, 4.69) is 0 Å². The van der Waals surface area contributed by atoms with E-state index in [4.69, 9.17) is 21.1 Å². The molecule has 0 aromatic heterocycles. The third kappa shape index (κ3) is 3.76. The van der Waals surface area contributed by atoms with Crippen LogP contribution in [0.5, 0.6) is 11.5 Å². The molecule has 9 heteroatoms. The first-order valence-corrected chi connectivity index (χ1v) is 9.88. The standard InChI is InChI=1S/C15H19ClN2O5S/c1-24(20,21)18-4-2-17(3-5-18)14(19)10-11-8-12(16)15-13(9-11)22-6-7-23-15/h8-9H,2-7,10H2,1H3. The lowest BCUT2D eigenvalue weighted by Crippen LogP contribution is -2.50. The van der Waals surface area contributed by atoms with Gasteiger partial charge in [0.15, 0.2) is 11.5 Å². The van der Waals surface area contributed by atoms with E-state index in [-0.39, 0.29) is 12.3 Å². The molecule has 0 aliphatic carbocycles. The lowest BCUT2D eigenvalue weighted by molar-refractivity contribution is -0.131. The van der Waals surface area contributed by atoms with E-state index in [0.717, 1.165) is 5.56 Å². The number of halogens is 1. The van der Waals surface area contributed by atoms with Crippen molar-refractivity contribution in [3.63, 3.8) is 0 Å². The van der Waals surface area contributed by atoms with Gasteiger partial charge in [-0.2, -0.15) is 4.31 Å². The van der Waals surface area contributed by atoms with Gasteiger partial charge in [-0.25, -0.2) is 8.42 Å². The second kappa shape index (κ2) is 6.78. The van der Waals surface area contributed by atoms with Gasteiger partial charge in [0.2, 0.25) is 15.9 Å². The average Bonchev–Trinajstić information content (AvgIpc) is 2.54. The van der Waals surface area contributed by atoms with Crippen molar-refractivity contribution in [1.82, 2.24) is 9.21 Å². The molecule has 0 radical (unpaired) electrons. The maximum atomic E-state index is 12.4. The number of carbonyl (C=O) groups is 1. The van der Waals surface area contributed by atoms with Crippen LogP contribution in [0.3, 0.4) is 0 Å². The fraction of sp³-hybridized carbons (Fsp3) is 0.533. The number of fused-ring (bicyclic) bond motifs is 1. The molecule has 2 heterocycles. The Morgan fingerprint density at radius 3 is 2.50 bits per heavy atom. The molecule has 3 rings (SSSR count). The van der Waals surface area contributed by atoms with E-state index in [1.165, 1.54) is 10.6 Å². The van der Waals surface area contributed by atoms with Crippen molar-refractivity contribution in [2.24, 2.45) is 0 Å². The van der Waals surface area contributed by atoms with E-state index in [0.29, 0.717) is 55.9 Å². The minimum Gasteiger partial charge on any atom is -0.486 e. The topological polar surface area (TPSA) is 76.2 Å². The molecule has 2 aliphatic rings. The highest BCUT2D eigenvalue weighted by Crippen LogP contribution is 2.38. The highest BCUT2D eigenvalue weighted by Gasteiger charge is 2.26. The van der Waals surface area contributed by atoms with Gasteiger partial charge in [-0.05, 0) is 17.7 Å². The Kier molecular flexibility index (Phi) is 4.89. The van der Waals surface area contributed by atoms with Gasteiger partial charge in [-0.3, -0.25) is 4.79 Å². The number of sulfonamides is 1. The Balaban J connectivity index is 1.65.